The van der Waals surface area contributed by atoms with Crippen LogP contribution in [0.25, 0.3) is 0 Å². The Morgan fingerprint density at radius 2 is 2.15 bits per heavy atom. The lowest BCUT2D eigenvalue weighted by Crippen LogP contribution is -2.51. The van der Waals surface area contributed by atoms with Crippen molar-refractivity contribution < 1.29 is 22.7 Å². The summed E-state index contributed by atoms with van der Waals surface area (Å²) in [6.45, 7) is 1.47. The first-order valence-electron chi connectivity index (χ1n) is 7.03. The number of methoxy groups -OCH3 is 1. The van der Waals surface area contributed by atoms with Crippen LogP contribution in [-0.2, 0) is 9.53 Å². The Morgan fingerprint density at radius 3 is 2.80 bits per heavy atom. The molecule has 0 spiro atoms. The zero-order valence-corrected chi connectivity index (χ0v) is 11.6. The van der Waals surface area contributed by atoms with Gasteiger partial charge in [-0.2, -0.15) is 13.2 Å². The van der Waals surface area contributed by atoms with Gasteiger partial charge in [-0.1, -0.05) is 0 Å². The van der Waals surface area contributed by atoms with Crippen molar-refractivity contribution in [3.8, 4) is 0 Å². The summed E-state index contributed by atoms with van der Waals surface area (Å²) in [7, 11) is 1.35. The van der Waals surface area contributed by atoms with E-state index in [-0.39, 0.29) is 24.3 Å². The van der Waals surface area contributed by atoms with E-state index < -0.39 is 12.2 Å². The number of nitrogens with one attached hydrogen (secondary N) is 1. The fraction of sp³-hybridized carbons (Fsp3) is 0.923. The van der Waals surface area contributed by atoms with Crippen LogP contribution in [-0.4, -0.2) is 55.9 Å². The second kappa shape index (κ2) is 6.30. The van der Waals surface area contributed by atoms with Crippen LogP contribution in [0.15, 0.2) is 0 Å². The molecule has 0 amide bonds. The first-order chi connectivity index (χ1) is 9.41. The van der Waals surface area contributed by atoms with Gasteiger partial charge in [-0.3, -0.25) is 9.69 Å². The van der Waals surface area contributed by atoms with Crippen LogP contribution in [0.5, 0.6) is 0 Å². The van der Waals surface area contributed by atoms with Gasteiger partial charge < -0.3 is 10.1 Å². The van der Waals surface area contributed by atoms with Crippen molar-refractivity contribution in [1.29, 1.82) is 0 Å². The Hall–Kier alpha value is -0.820. The lowest BCUT2D eigenvalue weighted by molar-refractivity contribution is -0.177. The number of hydrogen-bond donors (Lipinski definition) is 1. The van der Waals surface area contributed by atoms with Crippen molar-refractivity contribution in [2.45, 2.75) is 43.9 Å². The summed E-state index contributed by atoms with van der Waals surface area (Å²) in [4.78, 5) is 13.0. The average Bonchev–Trinajstić information content (AvgIpc) is 2.86. The maximum absolute atomic E-state index is 12.9. The van der Waals surface area contributed by atoms with Crippen LogP contribution in [0, 0.1) is 5.92 Å². The molecule has 2 heterocycles. The van der Waals surface area contributed by atoms with E-state index in [2.05, 4.69) is 5.32 Å². The summed E-state index contributed by atoms with van der Waals surface area (Å²) >= 11 is 0. The number of carbonyl (C=O) groups is 1. The van der Waals surface area contributed by atoms with Gasteiger partial charge in [0, 0.05) is 12.6 Å². The predicted molar refractivity (Wildman–Crippen MR) is 67.2 cm³/mol. The quantitative estimate of drug-likeness (QED) is 0.802. The minimum atomic E-state index is -4.16. The van der Waals surface area contributed by atoms with Gasteiger partial charge in [0.05, 0.1) is 13.0 Å². The third kappa shape index (κ3) is 3.63. The fourth-order valence-corrected chi connectivity index (χ4v) is 3.22. The molecule has 3 atom stereocenters. The molecule has 0 aromatic carbocycles. The summed E-state index contributed by atoms with van der Waals surface area (Å²) in [5, 5.41) is 3.21. The van der Waals surface area contributed by atoms with Crippen molar-refractivity contribution in [2.24, 2.45) is 5.92 Å². The molecule has 0 aliphatic carbocycles. The number of halogens is 3. The highest BCUT2D eigenvalue weighted by molar-refractivity contribution is 5.72. The van der Waals surface area contributed by atoms with Crippen LogP contribution < -0.4 is 5.32 Å². The summed E-state index contributed by atoms with van der Waals surface area (Å²) < 4.78 is 43.4. The molecule has 2 saturated heterocycles. The average molecular weight is 294 g/mol. The SMILES string of the molecule is COC(=O)[C@@H]1CCN[C@@H](CN2CCC[C@@H]2C(F)(F)F)C1. The van der Waals surface area contributed by atoms with Crippen LogP contribution in [0.2, 0.25) is 0 Å². The van der Waals surface area contributed by atoms with E-state index in [1.54, 1.807) is 0 Å². The molecule has 0 bridgehead atoms. The first kappa shape index (κ1) is 15.6. The zero-order chi connectivity index (χ0) is 14.8. The third-order valence-electron chi connectivity index (χ3n) is 4.23. The molecule has 0 radical (unpaired) electrons. The summed E-state index contributed by atoms with van der Waals surface area (Å²) in [6.07, 6.45) is -2.17. The molecule has 0 aromatic rings. The third-order valence-corrected chi connectivity index (χ3v) is 4.23. The van der Waals surface area contributed by atoms with Crippen molar-refractivity contribution in [3.63, 3.8) is 0 Å². The second-order valence-electron chi connectivity index (χ2n) is 5.59. The van der Waals surface area contributed by atoms with E-state index in [9.17, 15) is 18.0 Å². The van der Waals surface area contributed by atoms with Gasteiger partial charge in [-0.05, 0) is 38.8 Å². The molecule has 1 N–H and O–H groups in total. The van der Waals surface area contributed by atoms with E-state index >= 15 is 0 Å². The Balaban J connectivity index is 1.91. The molecule has 0 unspecified atom stereocenters. The minimum Gasteiger partial charge on any atom is -0.469 e. The van der Waals surface area contributed by atoms with Crippen molar-refractivity contribution in [3.05, 3.63) is 0 Å². The van der Waals surface area contributed by atoms with Gasteiger partial charge in [0.1, 0.15) is 6.04 Å². The van der Waals surface area contributed by atoms with Gasteiger partial charge in [0.2, 0.25) is 0 Å². The van der Waals surface area contributed by atoms with E-state index in [0.717, 1.165) is 0 Å². The van der Waals surface area contributed by atoms with Gasteiger partial charge in [-0.25, -0.2) is 0 Å². The fourth-order valence-electron chi connectivity index (χ4n) is 3.22. The van der Waals surface area contributed by atoms with Crippen molar-refractivity contribution in [2.75, 3.05) is 26.7 Å². The van der Waals surface area contributed by atoms with E-state index in [0.29, 0.717) is 38.9 Å². The van der Waals surface area contributed by atoms with Gasteiger partial charge in [0.15, 0.2) is 0 Å². The van der Waals surface area contributed by atoms with Crippen LogP contribution in [0.3, 0.4) is 0 Å². The lowest BCUT2D eigenvalue weighted by Gasteiger charge is -2.34. The lowest BCUT2D eigenvalue weighted by atomic mass is 9.92. The van der Waals surface area contributed by atoms with Crippen LogP contribution in [0.4, 0.5) is 13.2 Å². The maximum Gasteiger partial charge on any atom is 0.404 e. The standard InChI is InChI=1S/C13H21F3N2O2/c1-20-12(19)9-4-5-17-10(7-9)8-18-6-2-3-11(18)13(14,15)16/h9-11,17H,2-8H2,1H3/t9-,10-,11-/m1/s1. The summed E-state index contributed by atoms with van der Waals surface area (Å²) in [5.74, 6) is -0.455. The second-order valence-corrected chi connectivity index (χ2v) is 5.59. The molecule has 2 aliphatic rings. The molecule has 2 fully saturated rings. The Labute approximate surface area is 116 Å². The molecule has 20 heavy (non-hydrogen) atoms. The van der Waals surface area contributed by atoms with E-state index in [4.69, 9.17) is 4.74 Å². The molecule has 116 valence electrons. The molecule has 0 aromatic heterocycles. The number of ether oxygens (including phenoxy) is 1. The number of rotatable bonds is 3. The topological polar surface area (TPSA) is 41.6 Å². The smallest absolute Gasteiger partial charge is 0.404 e. The highest BCUT2D eigenvalue weighted by atomic mass is 19.4. The van der Waals surface area contributed by atoms with Crippen LogP contribution >= 0.6 is 0 Å². The van der Waals surface area contributed by atoms with Gasteiger partial charge in [0.25, 0.3) is 0 Å². The zero-order valence-electron chi connectivity index (χ0n) is 11.6. The Kier molecular flexibility index (Phi) is 4.90. The predicted octanol–water partition coefficient (Wildman–Crippen LogP) is 1.55. The molecule has 7 heteroatoms. The highest BCUT2D eigenvalue weighted by Crippen LogP contribution is 2.33. The molecule has 2 aliphatic heterocycles. The van der Waals surface area contributed by atoms with Crippen LogP contribution in [0.1, 0.15) is 25.7 Å². The first-order valence-corrected chi connectivity index (χ1v) is 7.03. The molecule has 0 saturated carbocycles. The van der Waals surface area contributed by atoms with Gasteiger partial charge >= 0.3 is 12.1 Å². The molecule has 4 nitrogen and oxygen atoms in total. The monoisotopic (exact) mass is 294 g/mol. The number of piperidine rings is 1. The number of hydrogen-bond acceptors (Lipinski definition) is 4. The Bertz CT molecular complexity index is 349. The minimum absolute atomic E-state index is 0.0733. The number of esters is 1. The molecular weight excluding hydrogens is 273 g/mol. The van der Waals surface area contributed by atoms with Crippen molar-refractivity contribution >= 4 is 5.97 Å². The molecular formula is C13H21F3N2O2. The number of nitrogens with zero attached hydrogens (tertiary/aromatic N) is 1. The number of carbonyl (C=O) groups excluding carboxylic acids is 1. The Morgan fingerprint density at radius 1 is 1.40 bits per heavy atom. The van der Waals surface area contributed by atoms with E-state index in [1.165, 1.54) is 12.0 Å². The molecule has 2 rings (SSSR count). The van der Waals surface area contributed by atoms with Crippen molar-refractivity contribution in [1.82, 2.24) is 10.2 Å². The maximum atomic E-state index is 12.9. The largest absolute Gasteiger partial charge is 0.469 e. The number of alkyl halides is 3. The number of likely N-dealkylation sites (tertiary alicyclic amines) is 1. The highest BCUT2D eigenvalue weighted by Gasteiger charge is 2.46. The van der Waals surface area contributed by atoms with Gasteiger partial charge in [-0.15, -0.1) is 0 Å². The summed E-state index contributed by atoms with van der Waals surface area (Å²) in [6, 6.07) is -1.40. The normalized spacial score (nSPS) is 32.3. The summed E-state index contributed by atoms with van der Waals surface area (Å²) in [5.41, 5.74) is 0. The van der Waals surface area contributed by atoms with E-state index in [1.807, 2.05) is 0 Å².